The first-order chi connectivity index (χ1) is 6.58. The summed E-state index contributed by atoms with van der Waals surface area (Å²) in [7, 11) is 0. The molecule has 1 amide bonds. The molecule has 14 heavy (non-hydrogen) atoms. The Labute approximate surface area is 86.7 Å². The monoisotopic (exact) mass is 214 g/mol. The zero-order chi connectivity index (χ0) is 10.6. The highest BCUT2D eigenvalue weighted by atomic mass is 35.5. The van der Waals surface area contributed by atoms with E-state index in [2.05, 4.69) is 15.3 Å². The molecule has 0 saturated heterocycles. The number of nitrogens with two attached hydrogens (primary N) is 1. The van der Waals surface area contributed by atoms with Crippen molar-refractivity contribution >= 4 is 23.5 Å². The maximum atomic E-state index is 11.2. The van der Waals surface area contributed by atoms with Gasteiger partial charge in [0.2, 0.25) is 11.9 Å². The maximum Gasteiger partial charge on any atom is 0.230 e. The van der Waals surface area contributed by atoms with Crippen LogP contribution in [0.15, 0.2) is 12.3 Å². The number of aromatic nitrogens is 2. The maximum absolute atomic E-state index is 11.2. The Kier molecular flexibility index (Phi) is 3.79. The Morgan fingerprint density at radius 1 is 1.79 bits per heavy atom. The second-order valence-electron chi connectivity index (χ2n) is 2.93. The van der Waals surface area contributed by atoms with E-state index in [9.17, 15) is 4.79 Å². The molecule has 1 aromatic heterocycles. The highest BCUT2D eigenvalue weighted by Crippen LogP contribution is 2.05. The third kappa shape index (κ3) is 3.68. The van der Waals surface area contributed by atoms with Gasteiger partial charge >= 0.3 is 0 Å². The molecule has 76 valence electrons. The van der Waals surface area contributed by atoms with Crippen LogP contribution in [0, 0.1) is 0 Å². The highest BCUT2D eigenvalue weighted by molar-refractivity contribution is 6.29. The molecule has 1 unspecified atom stereocenters. The van der Waals surface area contributed by atoms with Gasteiger partial charge in [-0.1, -0.05) is 11.6 Å². The average molecular weight is 215 g/mol. The van der Waals surface area contributed by atoms with Gasteiger partial charge in [0.15, 0.2) is 0 Å². The SMILES string of the molecule is CC(N)CC(=O)Nc1nccc(Cl)n1. The topological polar surface area (TPSA) is 80.9 Å². The fraction of sp³-hybridized carbons (Fsp3) is 0.375. The predicted octanol–water partition coefficient (Wildman–Crippen LogP) is 0.806. The number of anilines is 1. The van der Waals surface area contributed by atoms with E-state index in [0.717, 1.165) is 0 Å². The molecule has 5 nitrogen and oxygen atoms in total. The van der Waals surface area contributed by atoms with Crippen LogP contribution >= 0.6 is 11.6 Å². The van der Waals surface area contributed by atoms with Crippen LogP contribution in [0.4, 0.5) is 5.95 Å². The van der Waals surface area contributed by atoms with Gasteiger partial charge in [-0.05, 0) is 13.0 Å². The standard InChI is InChI=1S/C8H11ClN4O/c1-5(10)4-7(14)13-8-11-3-2-6(9)12-8/h2-3,5H,4,10H2,1H3,(H,11,12,13,14). The van der Waals surface area contributed by atoms with E-state index >= 15 is 0 Å². The van der Waals surface area contributed by atoms with Crippen molar-refractivity contribution in [3.63, 3.8) is 0 Å². The zero-order valence-electron chi connectivity index (χ0n) is 7.70. The van der Waals surface area contributed by atoms with Crippen LogP contribution < -0.4 is 11.1 Å². The number of hydrogen-bond acceptors (Lipinski definition) is 4. The first-order valence-corrected chi connectivity index (χ1v) is 4.49. The summed E-state index contributed by atoms with van der Waals surface area (Å²) in [5.74, 6) is -0.0228. The van der Waals surface area contributed by atoms with Crippen molar-refractivity contribution in [2.75, 3.05) is 5.32 Å². The van der Waals surface area contributed by atoms with Crippen molar-refractivity contribution in [1.29, 1.82) is 0 Å². The number of carbonyl (C=O) groups excluding carboxylic acids is 1. The lowest BCUT2D eigenvalue weighted by molar-refractivity contribution is -0.116. The number of carbonyl (C=O) groups is 1. The molecule has 1 heterocycles. The lowest BCUT2D eigenvalue weighted by Crippen LogP contribution is -2.24. The number of amides is 1. The second kappa shape index (κ2) is 4.88. The lowest BCUT2D eigenvalue weighted by atomic mass is 10.2. The summed E-state index contributed by atoms with van der Waals surface area (Å²) in [6.07, 6.45) is 1.70. The van der Waals surface area contributed by atoms with Crippen LogP contribution in [-0.2, 0) is 4.79 Å². The predicted molar refractivity (Wildman–Crippen MR) is 53.9 cm³/mol. The van der Waals surface area contributed by atoms with E-state index in [-0.39, 0.29) is 29.5 Å². The van der Waals surface area contributed by atoms with Crippen LogP contribution in [0.25, 0.3) is 0 Å². The molecule has 3 N–H and O–H groups in total. The van der Waals surface area contributed by atoms with E-state index in [1.165, 1.54) is 12.3 Å². The van der Waals surface area contributed by atoms with Gasteiger partial charge in [0.05, 0.1) is 0 Å². The van der Waals surface area contributed by atoms with Crippen LogP contribution in [0.1, 0.15) is 13.3 Å². The van der Waals surface area contributed by atoms with Crippen LogP contribution in [0.2, 0.25) is 5.15 Å². The Bertz CT molecular complexity index is 329. The number of nitrogens with zero attached hydrogens (tertiary/aromatic N) is 2. The molecule has 0 radical (unpaired) electrons. The molecule has 0 saturated carbocycles. The van der Waals surface area contributed by atoms with Crippen molar-refractivity contribution < 1.29 is 4.79 Å². The highest BCUT2D eigenvalue weighted by Gasteiger charge is 2.06. The molecule has 0 aromatic carbocycles. The molecular weight excluding hydrogens is 204 g/mol. The second-order valence-corrected chi connectivity index (χ2v) is 3.32. The Hall–Kier alpha value is -1.20. The van der Waals surface area contributed by atoms with Crippen molar-refractivity contribution in [1.82, 2.24) is 9.97 Å². The van der Waals surface area contributed by atoms with Gasteiger partial charge in [-0.3, -0.25) is 10.1 Å². The molecule has 0 fully saturated rings. The minimum atomic E-state index is -0.220. The molecule has 0 aliphatic carbocycles. The Morgan fingerprint density at radius 2 is 2.50 bits per heavy atom. The first-order valence-electron chi connectivity index (χ1n) is 4.12. The van der Waals surface area contributed by atoms with E-state index in [1.54, 1.807) is 6.92 Å². The van der Waals surface area contributed by atoms with Gasteiger partial charge in [0.25, 0.3) is 0 Å². The molecule has 6 heteroatoms. The van der Waals surface area contributed by atoms with E-state index in [0.29, 0.717) is 0 Å². The molecule has 0 aliphatic rings. The minimum absolute atomic E-state index is 0.186. The Morgan fingerprint density at radius 3 is 3.07 bits per heavy atom. The number of nitrogens with one attached hydrogen (secondary N) is 1. The summed E-state index contributed by atoms with van der Waals surface area (Å²) >= 11 is 5.61. The van der Waals surface area contributed by atoms with Gasteiger partial charge in [-0.15, -0.1) is 0 Å². The van der Waals surface area contributed by atoms with Crippen LogP contribution in [0.5, 0.6) is 0 Å². The lowest BCUT2D eigenvalue weighted by Gasteiger charge is -2.05. The quantitative estimate of drug-likeness (QED) is 0.730. The fourth-order valence-corrected chi connectivity index (χ4v) is 1.00. The molecule has 0 spiro atoms. The molecule has 1 atom stereocenters. The minimum Gasteiger partial charge on any atom is -0.327 e. The van der Waals surface area contributed by atoms with Crippen LogP contribution in [0.3, 0.4) is 0 Å². The summed E-state index contributed by atoms with van der Waals surface area (Å²) in [5.41, 5.74) is 5.45. The van der Waals surface area contributed by atoms with Gasteiger partial charge in [0.1, 0.15) is 5.15 Å². The summed E-state index contributed by atoms with van der Waals surface area (Å²) in [5, 5.41) is 2.78. The summed E-state index contributed by atoms with van der Waals surface area (Å²) in [4.78, 5) is 18.8. The molecule has 0 bridgehead atoms. The molecule has 1 aromatic rings. The van der Waals surface area contributed by atoms with E-state index < -0.39 is 0 Å². The zero-order valence-corrected chi connectivity index (χ0v) is 8.45. The van der Waals surface area contributed by atoms with Crippen molar-refractivity contribution in [2.24, 2.45) is 5.73 Å². The largest absolute Gasteiger partial charge is 0.327 e. The van der Waals surface area contributed by atoms with Gasteiger partial charge in [0, 0.05) is 18.7 Å². The van der Waals surface area contributed by atoms with Crippen LogP contribution in [-0.4, -0.2) is 21.9 Å². The van der Waals surface area contributed by atoms with Crippen molar-refractivity contribution in [2.45, 2.75) is 19.4 Å². The molecule has 1 rings (SSSR count). The molecule has 0 aliphatic heterocycles. The third-order valence-electron chi connectivity index (χ3n) is 1.38. The normalized spacial score (nSPS) is 12.2. The summed E-state index contributed by atoms with van der Waals surface area (Å²) < 4.78 is 0. The average Bonchev–Trinajstić information content (AvgIpc) is 2.01. The molecular formula is C8H11ClN4O. The smallest absolute Gasteiger partial charge is 0.230 e. The van der Waals surface area contributed by atoms with Gasteiger partial charge in [-0.2, -0.15) is 0 Å². The third-order valence-corrected chi connectivity index (χ3v) is 1.59. The van der Waals surface area contributed by atoms with Crippen molar-refractivity contribution in [3.05, 3.63) is 17.4 Å². The van der Waals surface area contributed by atoms with E-state index in [1.807, 2.05) is 0 Å². The Balaban J connectivity index is 2.56. The van der Waals surface area contributed by atoms with Crippen molar-refractivity contribution in [3.8, 4) is 0 Å². The van der Waals surface area contributed by atoms with Gasteiger partial charge in [-0.25, -0.2) is 9.97 Å². The summed E-state index contributed by atoms with van der Waals surface area (Å²) in [6, 6.07) is 1.34. The number of rotatable bonds is 3. The number of hydrogen-bond donors (Lipinski definition) is 2. The van der Waals surface area contributed by atoms with E-state index in [4.69, 9.17) is 17.3 Å². The number of halogens is 1. The fourth-order valence-electron chi connectivity index (χ4n) is 0.865. The van der Waals surface area contributed by atoms with Gasteiger partial charge < -0.3 is 5.73 Å². The first kappa shape index (κ1) is 10.9. The summed E-state index contributed by atoms with van der Waals surface area (Å²) in [6.45, 7) is 1.75.